The lowest BCUT2D eigenvalue weighted by molar-refractivity contribution is -0.147. The minimum absolute atomic E-state index is 0.250. The first-order valence-corrected chi connectivity index (χ1v) is 7.16. The van der Waals surface area contributed by atoms with E-state index < -0.39 is 32.1 Å². The van der Waals surface area contributed by atoms with Crippen molar-refractivity contribution >= 4 is 32.1 Å². The maximum Gasteiger partial charge on any atom is 0.789 e. The predicted molar refractivity (Wildman–Crippen MR) is 64.1 cm³/mol. The smallest absolute Gasteiger partial charge is 0.461 e. The van der Waals surface area contributed by atoms with E-state index in [1.54, 1.807) is 0 Å². The number of carbonyl (C=O) groups excluding carboxylic acids is 4. The van der Waals surface area contributed by atoms with E-state index >= 15 is 0 Å². The van der Waals surface area contributed by atoms with Crippen molar-refractivity contribution in [1.82, 2.24) is 0 Å². The summed E-state index contributed by atoms with van der Waals surface area (Å²) in [5.41, 5.74) is 0. The summed E-state index contributed by atoms with van der Waals surface area (Å²) in [5, 5.41) is -0.997. The van der Waals surface area contributed by atoms with E-state index in [0.29, 0.717) is 0 Å². The van der Waals surface area contributed by atoms with E-state index in [1.165, 1.54) is 18.4 Å². The van der Waals surface area contributed by atoms with Crippen molar-refractivity contribution in [2.45, 2.75) is 20.8 Å². The molecule has 0 spiro atoms. The molecule has 0 aliphatic carbocycles. The molecule has 1 heterocycles. The van der Waals surface area contributed by atoms with Crippen LogP contribution >= 0.6 is 0 Å². The Hall–Kier alpha value is -2.42. The Kier molecular flexibility index (Phi) is 4.81. The molecule has 108 valence electrons. The van der Waals surface area contributed by atoms with Gasteiger partial charge < -0.3 is 17.7 Å². The van der Waals surface area contributed by atoms with Crippen LogP contribution in [-0.4, -0.2) is 32.1 Å². The van der Waals surface area contributed by atoms with Crippen LogP contribution in [0.4, 0.5) is 0 Å². The summed E-state index contributed by atoms with van der Waals surface area (Å²) in [4.78, 5) is 45.7. The molecule has 0 aliphatic heterocycles. The van der Waals surface area contributed by atoms with Crippen molar-refractivity contribution < 1.29 is 36.9 Å². The Morgan fingerprint density at radius 3 is 1.70 bits per heavy atom. The zero-order valence-electron chi connectivity index (χ0n) is 11.0. The SMILES string of the molecule is CC(=O)O[Si](OC(C)=O)(OC(C)=O)C(=O)c1ccco1. The zero-order chi connectivity index (χ0) is 15.3. The van der Waals surface area contributed by atoms with Gasteiger partial charge in [-0.05, 0) is 12.1 Å². The average Bonchev–Trinajstić information content (AvgIpc) is 2.77. The van der Waals surface area contributed by atoms with Crippen LogP contribution in [0, 0.1) is 0 Å². The largest absolute Gasteiger partial charge is 0.789 e. The quantitative estimate of drug-likeness (QED) is 0.728. The van der Waals surface area contributed by atoms with Crippen LogP contribution in [0.3, 0.4) is 0 Å². The monoisotopic (exact) mass is 300 g/mol. The van der Waals surface area contributed by atoms with Gasteiger partial charge >= 0.3 is 14.2 Å². The van der Waals surface area contributed by atoms with Crippen LogP contribution in [0.2, 0.25) is 0 Å². The van der Waals surface area contributed by atoms with Gasteiger partial charge in [-0.3, -0.25) is 19.2 Å². The van der Waals surface area contributed by atoms with Gasteiger partial charge in [-0.2, -0.15) is 0 Å². The minimum Gasteiger partial charge on any atom is -0.461 e. The molecule has 0 N–H and O–H groups in total. The molecule has 0 aliphatic rings. The van der Waals surface area contributed by atoms with Crippen molar-refractivity contribution in [2.75, 3.05) is 0 Å². The fourth-order valence-electron chi connectivity index (χ4n) is 1.33. The highest BCUT2D eigenvalue weighted by atomic mass is 28.4. The molecule has 0 atom stereocenters. The molecule has 0 saturated carbocycles. The van der Waals surface area contributed by atoms with Gasteiger partial charge in [0.25, 0.3) is 17.9 Å². The minimum atomic E-state index is -4.57. The second kappa shape index (κ2) is 6.15. The van der Waals surface area contributed by atoms with Crippen molar-refractivity contribution in [3.8, 4) is 0 Å². The normalized spacial score (nSPS) is 10.6. The van der Waals surface area contributed by atoms with E-state index in [2.05, 4.69) is 0 Å². The summed E-state index contributed by atoms with van der Waals surface area (Å²) >= 11 is 0. The highest BCUT2D eigenvalue weighted by molar-refractivity contribution is 6.97. The van der Waals surface area contributed by atoms with Gasteiger partial charge in [0.05, 0.1) is 6.26 Å². The highest BCUT2D eigenvalue weighted by Gasteiger charge is 2.62. The van der Waals surface area contributed by atoms with Gasteiger partial charge in [0.2, 0.25) is 0 Å². The maximum atomic E-state index is 12.3. The molecule has 0 amide bonds. The zero-order valence-corrected chi connectivity index (χ0v) is 12.0. The van der Waals surface area contributed by atoms with Gasteiger partial charge in [0, 0.05) is 20.8 Å². The Morgan fingerprint density at radius 2 is 1.40 bits per heavy atom. The molecule has 1 aromatic rings. The van der Waals surface area contributed by atoms with Crippen molar-refractivity contribution in [1.29, 1.82) is 0 Å². The number of rotatable bonds is 5. The molecular formula is C11H12O8Si. The Bertz CT molecular complexity index is 492. The molecule has 1 rings (SSSR count). The third-order valence-electron chi connectivity index (χ3n) is 1.86. The van der Waals surface area contributed by atoms with Gasteiger partial charge in [-0.1, -0.05) is 0 Å². The first kappa shape index (κ1) is 15.6. The van der Waals surface area contributed by atoms with Crippen LogP contribution in [0.25, 0.3) is 0 Å². The molecule has 0 radical (unpaired) electrons. The summed E-state index contributed by atoms with van der Waals surface area (Å²) in [6.45, 7) is 2.97. The topological polar surface area (TPSA) is 109 Å². The third-order valence-corrected chi connectivity index (χ3v) is 4.33. The van der Waals surface area contributed by atoms with E-state index in [0.717, 1.165) is 20.8 Å². The Morgan fingerprint density at radius 1 is 0.950 bits per heavy atom. The molecule has 0 unspecified atom stereocenters. The first-order chi connectivity index (χ1) is 9.27. The van der Waals surface area contributed by atoms with Crippen molar-refractivity contribution in [3.05, 3.63) is 24.2 Å². The summed E-state index contributed by atoms with van der Waals surface area (Å²) < 4.78 is 19.1. The molecule has 0 saturated heterocycles. The number of hydrogen-bond donors (Lipinski definition) is 0. The summed E-state index contributed by atoms with van der Waals surface area (Å²) in [6, 6.07) is 2.67. The molecule has 0 bridgehead atoms. The lowest BCUT2D eigenvalue weighted by atomic mass is 10.5. The standard InChI is InChI=1S/C11H12O8Si/c1-7(12)17-20(18-8(2)13,19-9(3)14)11(15)10-5-4-6-16-10/h4-6H,1-3H3. The molecule has 0 aromatic carbocycles. The number of carbonyl (C=O) groups is 4. The highest BCUT2D eigenvalue weighted by Crippen LogP contribution is 2.18. The Labute approximate surface area is 115 Å². The van der Waals surface area contributed by atoms with Gasteiger partial charge in [-0.15, -0.1) is 0 Å². The van der Waals surface area contributed by atoms with Crippen LogP contribution in [0.15, 0.2) is 22.8 Å². The second-order valence-electron chi connectivity index (χ2n) is 3.64. The summed E-state index contributed by atoms with van der Waals surface area (Å²) in [7, 11) is -4.57. The van der Waals surface area contributed by atoms with Gasteiger partial charge in [0.1, 0.15) is 0 Å². The molecule has 9 heteroatoms. The van der Waals surface area contributed by atoms with E-state index in [9.17, 15) is 19.2 Å². The van der Waals surface area contributed by atoms with Crippen LogP contribution in [0.1, 0.15) is 31.3 Å². The molecule has 0 fully saturated rings. The molecule has 8 nitrogen and oxygen atoms in total. The van der Waals surface area contributed by atoms with E-state index in [1.807, 2.05) is 0 Å². The first-order valence-electron chi connectivity index (χ1n) is 5.44. The molecule has 1 aromatic heterocycles. The van der Waals surface area contributed by atoms with Gasteiger partial charge in [-0.25, -0.2) is 0 Å². The second-order valence-corrected chi connectivity index (χ2v) is 5.82. The Balaban J connectivity index is 3.26. The third kappa shape index (κ3) is 3.78. The summed E-state index contributed by atoms with van der Waals surface area (Å²) in [6.07, 6.45) is 1.20. The molecule has 20 heavy (non-hydrogen) atoms. The summed E-state index contributed by atoms with van der Waals surface area (Å²) in [5.74, 6) is -3.04. The van der Waals surface area contributed by atoms with Crippen LogP contribution < -0.4 is 0 Å². The van der Waals surface area contributed by atoms with Crippen molar-refractivity contribution in [3.63, 3.8) is 0 Å². The lowest BCUT2D eigenvalue weighted by Crippen LogP contribution is -2.56. The lowest BCUT2D eigenvalue weighted by Gasteiger charge is -2.23. The van der Waals surface area contributed by atoms with Crippen LogP contribution in [0.5, 0.6) is 0 Å². The van der Waals surface area contributed by atoms with Crippen molar-refractivity contribution in [2.24, 2.45) is 0 Å². The van der Waals surface area contributed by atoms with Gasteiger partial charge in [0.15, 0.2) is 5.76 Å². The maximum absolute atomic E-state index is 12.3. The number of furan rings is 1. The predicted octanol–water partition coefficient (Wildman–Crippen LogP) is 0.630. The fraction of sp³-hybridized carbons (Fsp3) is 0.273. The molecular weight excluding hydrogens is 288 g/mol. The van der Waals surface area contributed by atoms with E-state index in [4.69, 9.17) is 17.7 Å². The van der Waals surface area contributed by atoms with Crippen LogP contribution in [-0.2, 0) is 27.7 Å². The number of hydrogen-bond acceptors (Lipinski definition) is 8. The fourth-order valence-corrected chi connectivity index (χ4v) is 3.31. The average molecular weight is 300 g/mol. The van der Waals surface area contributed by atoms with E-state index in [-0.39, 0.29) is 5.76 Å².